The lowest BCUT2D eigenvalue weighted by Crippen LogP contribution is -2.30. The lowest BCUT2D eigenvalue weighted by Gasteiger charge is -2.17. The van der Waals surface area contributed by atoms with Gasteiger partial charge in [0.1, 0.15) is 22.5 Å². The predicted octanol–water partition coefficient (Wildman–Crippen LogP) is 9.49. The quantitative estimate of drug-likeness (QED) is 0.0850. The van der Waals surface area contributed by atoms with Gasteiger partial charge in [-0.2, -0.15) is 0 Å². The summed E-state index contributed by atoms with van der Waals surface area (Å²) in [7, 11) is 1.59. The summed E-state index contributed by atoms with van der Waals surface area (Å²) in [4.78, 5) is 45.9. The number of halogens is 2. The van der Waals surface area contributed by atoms with Gasteiger partial charge in [-0.05, 0) is 66.2 Å². The molecule has 0 aliphatic carbocycles. The van der Waals surface area contributed by atoms with Gasteiger partial charge in [0.15, 0.2) is 5.13 Å². The number of thiazole rings is 1. The molecule has 12 heteroatoms. The Labute approximate surface area is 312 Å². The normalized spacial score (nSPS) is 11.7. The summed E-state index contributed by atoms with van der Waals surface area (Å²) in [6, 6.07) is 36.2. The van der Waals surface area contributed by atoms with E-state index in [9.17, 15) is 18.8 Å². The second-order valence-electron chi connectivity index (χ2n) is 11.1. The van der Waals surface area contributed by atoms with Gasteiger partial charge in [0, 0.05) is 32.7 Å². The number of hydrogen-bond donors (Lipinski definition) is 3. The van der Waals surface area contributed by atoms with Gasteiger partial charge in [-0.15, -0.1) is 23.1 Å². The molecule has 0 spiro atoms. The monoisotopic (exact) mass is 748 g/mol. The summed E-state index contributed by atoms with van der Waals surface area (Å²) >= 11 is 8.85. The van der Waals surface area contributed by atoms with E-state index >= 15 is 0 Å². The number of hydrogen-bond acceptors (Lipinski definition) is 7. The minimum atomic E-state index is -0.710. The molecule has 1 aromatic heterocycles. The molecule has 6 rings (SSSR count). The summed E-state index contributed by atoms with van der Waals surface area (Å²) in [5, 5.41) is 10.0. The van der Waals surface area contributed by atoms with Crippen LogP contribution in [-0.2, 0) is 9.59 Å². The fraction of sp³-hybridized carbons (Fsp3) is 0.0500. The highest BCUT2D eigenvalue weighted by Crippen LogP contribution is 2.38. The van der Waals surface area contributed by atoms with Gasteiger partial charge < -0.3 is 20.7 Å². The van der Waals surface area contributed by atoms with Crippen LogP contribution in [0.25, 0.3) is 17.3 Å². The first-order chi connectivity index (χ1) is 25.3. The molecule has 260 valence electrons. The van der Waals surface area contributed by atoms with Crippen molar-refractivity contribution < 1.29 is 23.5 Å². The number of rotatable bonds is 12. The second-order valence-corrected chi connectivity index (χ2v) is 13.6. The molecule has 8 nitrogen and oxygen atoms in total. The molecule has 0 radical (unpaired) electrons. The minimum Gasteiger partial charge on any atom is -0.496 e. The highest BCUT2D eigenvalue weighted by Gasteiger charge is 2.24. The zero-order valence-electron chi connectivity index (χ0n) is 27.5. The number of carbonyl (C=O) groups excluding carboxylic acids is 3. The zero-order valence-corrected chi connectivity index (χ0v) is 29.9. The summed E-state index contributed by atoms with van der Waals surface area (Å²) in [5.74, 6) is -1.55. The van der Waals surface area contributed by atoms with Crippen molar-refractivity contribution in [1.29, 1.82) is 0 Å². The van der Waals surface area contributed by atoms with E-state index in [1.54, 1.807) is 55.6 Å². The van der Waals surface area contributed by atoms with Crippen LogP contribution in [0.5, 0.6) is 5.75 Å². The largest absolute Gasteiger partial charge is 0.496 e. The van der Waals surface area contributed by atoms with Crippen LogP contribution in [0.2, 0.25) is 5.02 Å². The Morgan fingerprint density at radius 2 is 1.58 bits per heavy atom. The summed E-state index contributed by atoms with van der Waals surface area (Å²) in [6.45, 7) is 0. The summed E-state index contributed by atoms with van der Waals surface area (Å²) in [5.41, 5.74) is 2.65. The van der Waals surface area contributed by atoms with Crippen molar-refractivity contribution in [3.05, 3.63) is 166 Å². The number of para-hydroxylation sites is 1. The molecule has 1 unspecified atom stereocenters. The van der Waals surface area contributed by atoms with Crippen molar-refractivity contribution in [1.82, 2.24) is 10.3 Å². The third kappa shape index (κ3) is 8.93. The van der Waals surface area contributed by atoms with Crippen LogP contribution >= 0.6 is 34.7 Å². The Morgan fingerprint density at radius 3 is 2.33 bits per heavy atom. The van der Waals surface area contributed by atoms with Crippen molar-refractivity contribution in [3.8, 4) is 17.0 Å². The lowest BCUT2D eigenvalue weighted by molar-refractivity contribution is -0.116. The molecule has 0 saturated carbocycles. The molecule has 3 N–H and O–H groups in total. The highest BCUT2D eigenvalue weighted by atomic mass is 35.5. The SMILES string of the molecule is COc1ccccc1-c1csc(NC(=O)C(Sc2cccc(NC(=O)/C(=C\c3c(F)cccc3Cl)NC(=O)c3ccccc3)c2)c2ccccc2)n1. The van der Waals surface area contributed by atoms with E-state index in [1.165, 1.54) is 47.4 Å². The number of benzene rings is 5. The van der Waals surface area contributed by atoms with Gasteiger partial charge in [0.25, 0.3) is 11.8 Å². The molecule has 1 atom stereocenters. The third-order valence-corrected chi connectivity index (χ3v) is 9.96. The smallest absolute Gasteiger partial charge is 0.272 e. The summed E-state index contributed by atoms with van der Waals surface area (Å²) < 4.78 is 20.2. The van der Waals surface area contributed by atoms with E-state index in [0.29, 0.717) is 32.7 Å². The lowest BCUT2D eigenvalue weighted by atomic mass is 10.1. The van der Waals surface area contributed by atoms with Crippen molar-refractivity contribution in [2.24, 2.45) is 0 Å². The maximum absolute atomic E-state index is 14.8. The second kappa shape index (κ2) is 17.0. The maximum Gasteiger partial charge on any atom is 0.272 e. The minimum absolute atomic E-state index is 0.0565. The van der Waals surface area contributed by atoms with Crippen LogP contribution in [0.15, 0.2) is 143 Å². The molecular weight excluding hydrogens is 719 g/mol. The number of aromatic nitrogens is 1. The van der Waals surface area contributed by atoms with Gasteiger partial charge in [-0.3, -0.25) is 14.4 Å². The Kier molecular flexibility index (Phi) is 11.8. The molecule has 0 saturated heterocycles. The highest BCUT2D eigenvalue weighted by molar-refractivity contribution is 8.00. The van der Waals surface area contributed by atoms with Gasteiger partial charge in [-0.25, -0.2) is 9.37 Å². The first-order valence-corrected chi connectivity index (χ1v) is 18.0. The van der Waals surface area contributed by atoms with Gasteiger partial charge in [0.05, 0.1) is 17.8 Å². The van der Waals surface area contributed by atoms with Crippen molar-refractivity contribution in [2.45, 2.75) is 10.1 Å². The molecular formula is C40H30ClFN4O4S2. The molecule has 0 aliphatic heterocycles. The van der Waals surface area contributed by atoms with Crippen LogP contribution in [0, 0.1) is 5.82 Å². The van der Waals surface area contributed by atoms with Crippen LogP contribution in [0.4, 0.5) is 15.2 Å². The molecule has 0 fully saturated rings. The number of nitrogens with zero attached hydrogens (tertiary/aromatic N) is 1. The number of methoxy groups -OCH3 is 1. The fourth-order valence-corrected chi connectivity index (χ4v) is 7.11. The fourth-order valence-electron chi connectivity index (χ4n) is 5.10. The van der Waals surface area contributed by atoms with E-state index < -0.39 is 22.9 Å². The Balaban J connectivity index is 1.23. The van der Waals surface area contributed by atoms with Crippen molar-refractivity contribution in [3.63, 3.8) is 0 Å². The number of carbonyl (C=O) groups is 3. The maximum atomic E-state index is 14.8. The van der Waals surface area contributed by atoms with Gasteiger partial charge >= 0.3 is 0 Å². The Hall–Kier alpha value is -5.75. The Morgan fingerprint density at radius 1 is 0.865 bits per heavy atom. The van der Waals surface area contributed by atoms with Crippen LogP contribution < -0.4 is 20.7 Å². The number of amides is 3. The molecule has 3 amide bonds. The van der Waals surface area contributed by atoms with Gasteiger partial charge in [0.2, 0.25) is 5.91 Å². The van der Waals surface area contributed by atoms with Crippen molar-refractivity contribution >= 4 is 69.3 Å². The van der Waals surface area contributed by atoms with Crippen LogP contribution in [0.3, 0.4) is 0 Å². The molecule has 52 heavy (non-hydrogen) atoms. The third-order valence-electron chi connectivity index (χ3n) is 7.62. The Bertz CT molecular complexity index is 2230. The van der Waals surface area contributed by atoms with E-state index in [4.69, 9.17) is 16.3 Å². The first-order valence-electron chi connectivity index (χ1n) is 15.8. The number of nitrogens with one attached hydrogen (secondary N) is 3. The average Bonchev–Trinajstić information content (AvgIpc) is 3.63. The average molecular weight is 749 g/mol. The summed E-state index contributed by atoms with van der Waals surface area (Å²) in [6.07, 6.45) is 1.19. The van der Waals surface area contributed by atoms with Crippen LogP contribution in [-0.4, -0.2) is 29.8 Å². The topological polar surface area (TPSA) is 109 Å². The number of anilines is 2. The molecule has 1 heterocycles. The number of ether oxygens (including phenoxy) is 1. The van der Waals surface area contributed by atoms with E-state index in [-0.39, 0.29) is 22.2 Å². The standard InChI is InChI=1S/C40H30ClFN4O4S2/c1-50-35-21-9-8-18-29(35)34-24-51-40(45-34)46-39(49)36(25-12-4-2-5-13-25)52-28-17-10-16-27(22-28)43-38(48)33(23-30-31(41)19-11-20-32(30)42)44-37(47)26-14-6-3-7-15-26/h2-24,36H,1H3,(H,43,48)(H,44,47)(H,45,46,49)/b33-23+. The first kappa shape index (κ1) is 36.1. The molecule has 0 aliphatic rings. The van der Waals surface area contributed by atoms with Gasteiger partial charge in [-0.1, -0.05) is 84.4 Å². The zero-order chi connectivity index (χ0) is 36.5. The predicted molar refractivity (Wildman–Crippen MR) is 206 cm³/mol. The van der Waals surface area contributed by atoms with Crippen LogP contribution in [0.1, 0.15) is 26.7 Å². The molecule has 6 aromatic rings. The molecule has 5 aromatic carbocycles. The number of thioether (sulfide) groups is 1. The van der Waals surface area contributed by atoms with Crippen molar-refractivity contribution in [2.75, 3.05) is 17.7 Å². The van der Waals surface area contributed by atoms with E-state index in [1.807, 2.05) is 66.0 Å². The van der Waals surface area contributed by atoms with E-state index in [0.717, 1.165) is 11.1 Å². The molecule has 0 bridgehead atoms. The van der Waals surface area contributed by atoms with E-state index in [2.05, 4.69) is 20.9 Å².